The zero-order valence-corrected chi connectivity index (χ0v) is 17.8. The molecule has 9 nitrogen and oxygen atoms in total. The van der Waals surface area contributed by atoms with Crippen LogP contribution in [0.3, 0.4) is 0 Å². The van der Waals surface area contributed by atoms with E-state index >= 15 is 0 Å². The van der Waals surface area contributed by atoms with Crippen LogP contribution in [0.1, 0.15) is 0 Å². The van der Waals surface area contributed by atoms with Gasteiger partial charge in [-0.05, 0) is 24.3 Å². The Labute approximate surface area is 177 Å². The van der Waals surface area contributed by atoms with Crippen molar-refractivity contribution in [2.24, 2.45) is 0 Å². The molecule has 1 aromatic carbocycles. The van der Waals surface area contributed by atoms with Crippen LogP contribution in [0.4, 0.5) is 11.6 Å². The summed E-state index contributed by atoms with van der Waals surface area (Å²) in [5.41, 5.74) is 0. The maximum Gasteiger partial charge on any atom is 0.243 e. The Balaban J connectivity index is 1.33. The molecule has 2 fully saturated rings. The van der Waals surface area contributed by atoms with E-state index in [1.165, 1.54) is 4.31 Å². The van der Waals surface area contributed by atoms with Gasteiger partial charge in [0.25, 0.3) is 0 Å². The van der Waals surface area contributed by atoms with Crippen LogP contribution in [-0.2, 0) is 10.0 Å². The van der Waals surface area contributed by atoms with Gasteiger partial charge in [-0.2, -0.15) is 4.31 Å². The van der Waals surface area contributed by atoms with Gasteiger partial charge in [-0.1, -0.05) is 18.2 Å². The third-order valence-electron chi connectivity index (χ3n) is 5.69. The van der Waals surface area contributed by atoms with Crippen LogP contribution < -0.4 is 9.80 Å². The number of nitrogens with zero attached hydrogens (tertiary/aromatic N) is 6. The molecule has 10 heteroatoms. The zero-order chi connectivity index (χ0) is 21.0. The van der Waals surface area contributed by atoms with Gasteiger partial charge in [0.15, 0.2) is 11.6 Å². The summed E-state index contributed by atoms with van der Waals surface area (Å²) in [4.78, 5) is 6.85. The molecule has 0 bridgehead atoms. The van der Waals surface area contributed by atoms with Crippen molar-refractivity contribution < 1.29 is 13.5 Å². The molecule has 0 spiro atoms. The van der Waals surface area contributed by atoms with Crippen LogP contribution in [0, 0.1) is 0 Å². The van der Waals surface area contributed by atoms with Crippen molar-refractivity contribution in [2.45, 2.75) is 4.90 Å². The first-order chi connectivity index (χ1) is 14.6. The lowest BCUT2D eigenvalue weighted by Gasteiger charge is -2.36. The Hall–Kier alpha value is -2.27. The van der Waals surface area contributed by atoms with Gasteiger partial charge in [0.05, 0.1) is 11.5 Å². The quantitative estimate of drug-likeness (QED) is 0.687. The van der Waals surface area contributed by atoms with E-state index in [4.69, 9.17) is 5.11 Å². The van der Waals surface area contributed by atoms with E-state index in [9.17, 15) is 8.42 Å². The largest absolute Gasteiger partial charge is 0.395 e. The fraction of sp³-hybridized carbons (Fsp3) is 0.500. The van der Waals surface area contributed by atoms with Gasteiger partial charge in [0.2, 0.25) is 10.0 Å². The van der Waals surface area contributed by atoms with Crippen LogP contribution in [0.15, 0.2) is 47.4 Å². The van der Waals surface area contributed by atoms with Crippen LogP contribution in [0.2, 0.25) is 0 Å². The molecule has 30 heavy (non-hydrogen) atoms. The highest BCUT2D eigenvalue weighted by Gasteiger charge is 2.29. The number of anilines is 2. The number of aliphatic hydroxyl groups is 1. The predicted molar refractivity (Wildman–Crippen MR) is 115 cm³/mol. The fourth-order valence-electron chi connectivity index (χ4n) is 3.90. The molecule has 1 aromatic heterocycles. The molecular weight excluding hydrogens is 404 g/mol. The third kappa shape index (κ3) is 4.56. The highest BCUT2D eigenvalue weighted by Crippen LogP contribution is 2.21. The third-order valence-corrected chi connectivity index (χ3v) is 7.61. The van der Waals surface area contributed by atoms with Crippen molar-refractivity contribution in [2.75, 3.05) is 75.3 Å². The van der Waals surface area contributed by atoms with Crippen LogP contribution >= 0.6 is 0 Å². The van der Waals surface area contributed by atoms with Gasteiger partial charge >= 0.3 is 0 Å². The summed E-state index contributed by atoms with van der Waals surface area (Å²) in [7, 11) is -3.45. The lowest BCUT2D eigenvalue weighted by molar-refractivity contribution is 0.188. The number of hydrogen-bond donors (Lipinski definition) is 1. The van der Waals surface area contributed by atoms with E-state index in [0.717, 1.165) is 37.8 Å². The minimum Gasteiger partial charge on any atom is -0.395 e. The van der Waals surface area contributed by atoms with Crippen molar-refractivity contribution in [1.82, 2.24) is 19.4 Å². The number of benzene rings is 1. The normalized spacial score (nSPS) is 19.2. The van der Waals surface area contributed by atoms with Crippen LogP contribution in [-0.4, -0.2) is 98.4 Å². The van der Waals surface area contributed by atoms with Gasteiger partial charge in [0.1, 0.15) is 0 Å². The first-order valence-electron chi connectivity index (χ1n) is 10.3. The zero-order valence-electron chi connectivity index (χ0n) is 17.0. The molecule has 2 saturated heterocycles. The number of hydrogen-bond acceptors (Lipinski definition) is 8. The SMILES string of the molecule is O=S(=O)(c1ccccc1)N1CCN(c2ccc(N3CCN(CCO)CC3)nn2)CC1. The molecule has 2 aliphatic heterocycles. The summed E-state index contributed by atoms with van der Waals surface area (Å²) in [6, 6.07) is 12.5. The van der Waals surface area contributed by atoms with Gasteiger partial charge in [-0.3, -0.25) is 4.90 Å². The maximum atomic E-state index is 12.8. The molecule has 0 radical (unpaired) electrons. The second kappa shape index (κ2) is 9.25. The Kier molecular flexibility index (Phi) is 6.47. The average Bonchev–Trinajstić information content (AvgIpc) is 2.81. The van der Waals surface area contributed by atoms with Gasteiger partial charge in [-0.15, -0.1) is 10.2 Å². The Morgan fingerprint density at radius 3 is 1.80 bits per heavy atom. The summed E-state index contributed by atoms with van der Waals surface area (Å²) in [5, 5.41) is 17.8. The van der Waals surface area contributed by atoms with Crippen molar-refractivity contribution in [3.05, 3.63) is 42.5 Å². The van der Waals surface area contributed by atoms with Gasteiger partial charge < -0.3 is 14.9 Å². The van der Waals surface area contributed by atoms with Crippen LogP contribution in [0.5, 0.6) is 0 Å². The van der Waals surface area contributed by atoms with Gasteiger partial charge in [0, 0.05) is 58.9 Å². The lowest BCUT2D eigenvalue weighted by Crippen LogP contribution is -2.49. The molecule has 0 aliphatic carbocycles. The summed E-state index contributed by atoms with van der Waals surface area (Å²) in [6.45, 7) is 6.46. The average molecular weight is 433 g/mol. The second-order valence-corrected chi connectivity index (χ2v) is 9.44. The molecule has 4 rings (SSSR count). The molecule has 0 unspecified atom stereocenters. The van der Waals surface area contributed by atoms with E-state index in [0.29, 0.717) is 37.6 Å². The minimum atomic E-state index is -3.45. The molecule has 2 aromatic rings. The van der Waals surface area contributed by atoms with E-state index in [1.54, 1.807) is 24.3 Å². The molecule has 0 amide bonds. The molecular formula is C20H28N6O3S. The number of piperazine rings is 2. The smallest absolute Gasteiger partial charge is 0.243 e. The number of rotatable bonds is 6. The maximum absolute atomic E-state index is 12.8. The summed E-state index contributed by atoms with van der Waals surface area (Å²) >= 11 is 0. The number of aromatic nitrogens is 2. The minimum absolute atomic E-state index is 0.189. The number of β-amino-alcohol motifs (C(OH)–C–C–N with tert-alkyl or cyclic N) is 1. The van der Waals surface area contributed by atoms with Crippen LogP contribution in [0.25, 0.3) is 0 Å². The summed E-state index contributed by atoms with van der Waals surface area (Å²) in [6.07, 6.45) is 0. The summed E-state index contributed by atoms with van der Waals surface area (Å²) < 4.78 is 27.1. The van der Waals surface area contributed by atoms with E-state index < -0.39 is 10.0 Å². The highest BCUT2D eigenvalue weighted by atomic mass is 32.2. The molecule has 0 saturated carbocycles. The first kappa shape index (κ1) is 21.0. The van der Waals surface area contributed by atoms with Crippen molar-refractivity contribution in [3.8, 4) is 0 Å². The molecule has 1 N–H and O–H groups in total. The van der Waals surface area contributed by atoms with E-state index in [2.05, 4.69) is 24.9 Å². The second-order valence-electron chi connectivity index (χ2n) is 7.51. The fourth-order valence-corrected chi connectivity index (χ4v) is 5.34. The molecule has 2 aliphatic rings. The Morgan fingerprint density at radius 2 is 1.30 bits per heavy atom. The van der Waals surface area contributed by atoms with Crippen molar-refractivity contribution in [1.29, 1.82) is 0 Å². The standard InChI is InChI=1S/C20H28N6O3S/c27-17-16-23-8-10-24(11-9-23)19-6-7-20(22-21-19)25-12-14-26(15-13-25)30(28,29)18-4-2-1-3-5-18/h1-7,27H,8-17H2. The molecule has 162 valence electrons. The van der Waals surface area contributed by atoms with E-state index in [-0.39, 0.29) is 6.61 Å². The van der Waals surface area contributed by atoms with Crippen molar-refractivity contribution >= 4 is 21.7 Å². The first-order valence-corrected chi connectivity index (χ1v) is 11.7. The van der Waals surface area contributed by atoms with E-state index in [1.807, 2.05) is 18.2 Å². The molecule has 0 atom stereocenters. The lowest BCUT2D eigenvalue weighted by atomic mass is 10.3. The highest BCUT2D eigenvalue weighted by molar-refractivity contribution is 7.89. The Morgan fingerprint density at radius 1 is 0.767 bits per heavy atom. The Bertz CT molecular complexity index is 909. The number of aliphatic hydroxyl groups excluding tert-OH is 1. The summed E-state index contributed by atoms with van der Waals surface area (Å²) in [5.74, 6) is 1.63. The number of sulfonamides is 1. The van der Waals surface area contributed by atoms with Gasteiger partial charge in [-0.25, -0.2) is 8.42 Å². The predicted octanol–water partition coefficient (Wildman–Crippen LogP) is 0.102. The monoisotopic (exact) mass is 432 g/mol. The molecule has 3 heterocycles. The topological polar surface area (TPSA) is 93.1 Å². The van der Waals surface area contributed by atoms with Crippen molar-refractivity contribution in [3.63, 3.8) is 0 Å².